The summed E-state index contributed by atoms with van der Waals surface area (Å²) in [6.07, 6.45) is -0.411. The molecule has 0 aliphatic carbocycles. The van der Waals surface area contributed by atoms with Gasteiger partial charge in [-0.15, -0.1) is 0 Å². The number of alkyl halides is 2. The minimum atomic E-state index is -2.89. The van der Waals surface area contributed by atoms with Crippen LogP contribution in [0, 0.1) is 6.92 Å². The molecule has 174 valence electrons. The van der Waals surface area contributed by atoms with E-state index in [9.17, 15) is 13.6 Å². The van der Waals surface area contributed by atoms with E-state index in [2.05, 4.69) is 5.16 Å². The van der Waals surface area contributed by atoms with E-state index in [4.69, 9.17) is 9.63 Å². The van der Waals surface area contributed by atoms with E-state index in [0.717, 1.165) is 22.3 Å². The van der Waals surface area contributed by atoms with Crippen LogP contribution in [0.4, 0.5) is 8.78 Å². The number of carboxylic acids is 1. The van der Waals surface area contributed by atoms with Crippen molar-refractivity contribution in [3.63, 3.8) is 0 Å². The van der Waals surface area contributed by atoms with E-state index in [1.165, 1.54) is 0 Å². The topological polar surface area (TPSA) is 63.3 Å². The number of carboxylic acid groups (broad SMARTS) is 1. The van der Waals surface area contributed by atoms with Gasteiger partial charge < -0.3 is 9.63 Å². The highest BCUT2D eigenvalue weighted by atomic mass is 19.3. The summed E-state index contributed by atoms with van der Waals surface area (Å²) >= 11 is 0. The van der Waals surface area contributed by atoms with E-state index < -0.39 is 18.3 Å². The molecular weight excluding hydrogens is 436 g/mol. The molecule has 0 unspecified atom stereocenters. The Morgan fingerprint density at radius 1 is 0.882 bits per heavy atom. The van der Waals surface area contributed by atoms with Crippen LogP contribution in [0.15, 0.2) is 83.4 Å². The molecule has 0 aliphatic heterocycles. The molecule has 1 N–H and O–H groups in total. The fraction of sp³-hybridized carbons (Fsp3) is 0.214. The molecule has 0 saturated heterocycles. The Labute approximate surface area is 196 Å². The average Bonchev–Trinajstić information content (AvgIpc) is 3.18. The van der Waals surface area contributed by atoms with Gasteiger partial charge in [-0.25, -0.2) is 8.78 Å². The van der Waals surface area contributed by atoms with Crippen LogP contribution in [-0.4, -0.2) is 22.2 Å². The third-order valence-electron chi connectivity index (χ3n) is 5.83. The average molecular weight is 462 g/mol. The number of benzene rings is 3. The molecule has 0 bridgehead atoms. The molecule has 4 rings (SSSR count). The monoisotopic (exact) mass is 461 g/mol. The molecule has 0 atom stereocenters. The Balaban J connectivity index is 1.49. The van der Waals surface area contributed by atoms with Crippen molar-refractivity contribution in [1.82, 2.24) is 5.16 Å². The van der Waals surface area contributed by atoms with Gasteiger partial charge in [-0.05, 0) is 35.6 Å². The fourth-order valence-corrected chi connectivity index (χ4v) is 3.95. The third-order valence-corrected chi connectivity index (χ3v) is 5.83. The smallest absolute Gasteiger partial charge is 0.307 e. The predicted octanol–water partition coefficient (Wildman–Crippen LogP) is 6.75. The molecule has 3 aromatic carbocycles. The Hall–Kier alpha value is -3.80. The van der Waals surface area contributed by atoms with Crippen LogP contribution in [0.3, 0.4) is 0 Å². The SMILES string of the molecule is Cc1noc(-c2ccc(-c3ccc(CC(=O)O)cc3)cc2)c1CC(F)(F)CCc1ccccc1. The second-order valence-corrected chi connectivity index (χ2v) is 8.44. The molecule has 1 aromatic heterocycles. The summed E-state index contributed by atoms with van der Waals surface area (Å²) in [7, 11) is 0. The highest BCUT2D eigenvalue weighted by Crippen LogP contribution is 2.34. The van der Waals surface area contributed by atoms with E-state index >= 15 is 0 Å². The minimum Gasteiger partial charge on any atom is -0.481 e. The maximum atomic E-state index is 14.8. The first kappa shape index (κ1) is 23.4. The summed E-state index contributed by atoms with van der Waals surface area (Å²) in [6, 6.07) is 24.0. The number of nitrogens with zero attached hydrogens (tertiary/aromatic N) is 1. The fourth-order valence-electron chi connectivity index (χ4n) is 3.95. The number of hydrogen-bond donors (Lipinski definition) is 1. The van der Waals surface area contributed by atoms with Crippen LogP contribution in [0.25, 0.3) is 22.5 Å². The Kier molecular flexibility index (Phi) is 6.87. The van der Waals surface area contributed by atoms with Crippen molar-refractivity contribution in [2.24, 2.45) is 0 Å². The lowest BCUT2D eigenvalue weighted by atomic mass is 9.96. The zero-order chi connectivity index (χ0) is 24.1. The summed E-state index contributed by atoms with van der Waals surface area (Å²) in [5.41, 5.74) is 5.04. The first-order chi connectivity index (χ1) is 16.3. The van der Waals surface area contributed by atoms with E-state index in [0.29, 0.717) is 29.0 Å². The van der Waals surface area contributed by atoms with Gasteiger partial charge in [-0.3, -0.25) is 4.79 Å². The number of aryl methyl sites for hydroxylation is 2. The second kappa shape index (κ2) is 10.00. The van der Waals surface area contributed by atoms with Crippen molar-refractivity contribution in [2.75, 3.05) is 0 Å². The predicted molar refractivity (Wildman–Crippen MR) is 127 cm³/mol. The highest BCUT2D eigenvalue weighted by molar-refractivity contribution is 5.72. The molecule has 0 aliphatic rings. The first-order valence-electron chi connectivity index (χ1n) is 11.1. The van der Waals surface area contributed by atoms with Crippen LogP contribution in [0.2, 0.25) is 0 Å². The molecular formula is C28H25F2NO3. The van der Waals surface area contributed by atoms with Gasteiger partial charge in [0.05, 0.1) is 12.1 Å². The highest BCUT2D eigenvalue weighted by Gasteiger charge is 2.32. The molecule has 6 heteroatoms. The maximum Gasteiger partial charge on any atom is 0.307 e. The van der Waals surface area contributed by atoms with Gasteiger partial charge in [0.2, 0.25) is 0 Å². The summed E-state index contributed by atoms with van der Waals surface area (Å²) in [4.78, 5) is 10.9. The number of halogens is 2. The lowest BCUT2D eigenvalue weighted by Gasteiger charge is -2.16. The van der Waals surface area contributed by atoms with Crippen LogP contribution < -0.4 is 0 Å². The molecule has 0 radical (unpaired) electrons. The van der Waals surface area contributed by atoms with E-state index in [-0.39, 0.29) is 12.8 Å². The van der Waals surface area contributed by atoms with Gasteiger partial charge >= 0.3 is 5.97 Å². The largest absolute Gasteiger partial charge is 0.481 e. The zero-order valence-electron chi connectivity index (χ0n) is 18.8. The van der Waals surface area contributed by atoms with Gasteiger partial charge in [0, 0.05) is 24.0 Å². The molecule has 0 amide bonds. The van der Waals surface area contributed by atoms with Crippen molar-refractivity contribution in [2.45, 2.75) is 38.5 Å². The molecule has 1 heterocycles. The van der Waals surface area contributed by atoms with Gasteiger partial charge in [-0.1, -0.05) is 84.0 Å². The lowest BCUT2D eigenvalue weighted by Crippen LogP contribution is -2.21. The number of aromatic nitrogens is 1. The first-order valence-corrected chi connectivity index (χ1v) is 11.1. The normalized spacial score (nSPS) is 11.5. The van der Waals surface area contributed by atoms with Gasteiger partial charge in [0.25, 0.3) is 5.92 Å². The zero-order valence-corrected chi connectivity index (χ0v) is 18.8. The van der Waals surface area contributed by atoms with Crippen LogP contribution in [0.5, 0.6) is 0 Å². The molecule has 34 heavy (non-hydrogen) atoms. The summed E-state index contributed by atoms with van der Waals surface area (Å²) in [5, 5.41) is 12.9. The van der Waals surface area contributed by atoms with Crippen LogP contribution >= 0.6 is 0 Å². The van der Waals surface area contributed by atoms with Crippen LogP contribution in [0.1, 0.15) is 28.8 Å². The Bertz CT molecular complexity index is 1250. The lowest BCUT2D eigenvalue weighted by molar-refractivity contribution is -0.136. The molecule has 4 nitrogen and oxygen atoms in total. The number of aliphatic carboxylic acids is 1. The van der Waals surface area contributed by atoms with Crippen molar-refractivity contribution < 1.29 is 23.2 Å². The number of hydrogen-bond acceptors (Lipinski definition) is 3. The Morgan fingerprint density at radius 3 is 2.09 bits per heavy atom. The molecule has 0 saturated carbocycles. The Morgan fingerprint density at radius 2 is 1.47 bits per heavy atom. The van der Waals surface area contributed by atoms with Gasteiger partial charge in [0.15, 0.2) is 5.76 Å². The van der Waals surface area contributed by atoms with E-state index in [1.54, 1.807) is 19.1 Å². The van der Waals surface area contributed by atoms with Crippen molar-refractivity contribution in [3.05, 3.63) is 101 Å². The number of rotatable bonds is 9. The summed E-state index contributed by atoms with van der Waals surface area (Å²) in [5.74, 6) is -3.40. The maximum absolute atomic E-state index is 14.8. The second-order valence-electron chi connectivity index (χ2n) is 8.44. The van der Waals surface area contributed by atoms with Gasteiger partial charge in [-0.2, -0.15) is 0 Å². The van der Waals surface area contributed by atoms with Crippen LogP contribution in [-0.2, 0) is 24.1 Å². The minimum absolute atomic E-state index is 0.0250. The van der Waals surface area contributed by atoms with Crippen molar-refractivity contribution in [3.8, 4) is 22.5 Å². The quantitative estimate of drug-likeness (QED) is 0.299. The third kappa shape index (κ3) is 5.76. The van der Waals surface area contributed by atoms with Gasteiger partial charge in [0.1, 0.15) is 0 Å². The van der Waals surface area contributed by atoms with E-state index in [1.807, 2.05) is 66.7 Å². The molecule has 0 spiro atoms. The summed E-state index contributed by atoms with van der Waals surface area (Å²) < 4.78 is 35.1. The molecule has 4 aromatic rings. The molecule has 0 fully saturated rings. The van der Waals surface area contributed by atoms with Crippen molar-refractivity contribution in [1.29, 1.82) is 0 Å². The summed E-state index contributed by atoms with van der Waals surface area (Å²) in [6.45, 7) is 1.68. The van der Waals surface area contributed by atoms with Crippen molar-refractivity contribution >= 4 is 5.97 Å². The number of carbonyl (C=O) groups is 1. The standard InChI is InChI=1S/C28H25F2NO3/c1-19-25(18-28(29,30)16-15-20-5-3-2-4-6-20)27(34-31-19)24-13-11-23(12-14-24)22-9-7-21(8-10-22)17-26(32)33/h2-14H,15-18H2,1H3,(H,32,33).